The maximum atomic E-state index is 9.52. The Hall–Kier alpha value is -3.46. The van der Waals surface area contributed by atoms with Crippen LogP contribution in [0.1, 0.15) is 17.2 Å². The van der Waals surface area contributed by atoms with Gasteiger partial charge in [-0.2, -0.15) is 5.26 Å². The number of fused-ring (bicyclic) bond motifs is 1. The molecule has 0 saturated heterocycles. The number of hydrogen-bond acceptors (Lipinski definition) is 5. The highest BCUT2D eigenvalue weighted by atomic mass is 16.5. The Morgan fingerprint density at radius 1 is 1.17 bits per heavy atom. The molecule has 3 heterocycles. The van der Waals surface area contributed by atoms with E-state index in [1.807, 2.05) is 36.4 Å². The lowest BCUT2D eigenvalue weighted by Crippen LogP contribution is -2.20. The van der Waals surface area contributed by atoms with Gasteiger partial charge in [0.15, 0.2) is 0 Å². The zero-order valence-electron chi connectivity index (χ0n) is 12.0. The van der Waals surface area contributed by atoms with Crippen LogP contribution < -0.4 is 10.5 Å². The van der Waals surface area contributed by atoms with Crippen LogP contribution in [0.5, 0.6) is 5.88 Å². The first-order valence-electron chi connectivity index (χ1n) is 7.04. The first-order valence-corrected chi connectivity index (χ1v) is 7.04. The number of aromatic amines is 1. The van der Waals surface area contributed by atoms with E-state index in [0.29, 0.717) is 17.2 Å². The number of nitrogens with two attached hydrogens (primary N) is 1. The van der Waals surface area contributed by atoms with Gasteiger partial charge < -0.3 is 14.9 Å². The number of H-pyrrole nitrogens is 1. The third-order valence-electron chi connectivity index (χ3n) is 3.83. The van der Waals surface area contributed by atoms with E-state index >= 15 is 0 Å². The number of furan rings is 1. The molecule has 3 aromatic rings. The lowest BCUT2D eigenvalue weighted by molar-refractivity contribution is 0.371. The van der Waals surface area contributed by atoms with E-state index in [0.717, 1.165) is 16.8 Å². The van der Waals surface area contributed by atoms with Crippen molar-refractivity contribution in [3.8, 4) is 23.2 Å². The first kappa shape index (κ1) is 13.2. The molecule has 0 saturated carbocycles. The molecular formula is C17H12N4O2. The van der Waals surface area contributed by atoms with Crippen molar-refractivity contribution in [2.24, 2.45) is 5.73 Å². The van der Waals surface area contributed by atoms with E-state index in [9.17, 15) is 5.26 Å². The highest BCUT2D eigenvalue weighted by Crippen LogP contribution is 2.45. The summed E-state index contributed by atoms with van der Waals surface area (Å²) in [6.45, 7) is 0. The minimum atomic E-state index is -0.451. The molecule has 1 aromatic carbocycles. The zero-order chi connectivity index (χ0) is 15.8. The Labute approximate surface area is 131 Å². The van der Waals surface area contributed by atoms with Crippen molar-refractivity contribution in [2.75, 3.05) is 0 Å². The lowest BCUT2D eigenvalue weighted by atomic mass is 9.86. The highest BCUT2D eigenvalue weighted by molar-refractivity contribution is 5.70. The van der Waals surface area contributed by atoms with Gasteiger partial charge in [0, 0.05) is 0 Å². The minimum Gasteiger partial charge on any atom is -0.468 e. The predicted molar refractivity (Wildman–Crippen MR) is 82.0 cm³/mol. The van der Waals surface area contributed by atoms with Crippen LogP contribution in [0.4, 0.5) is 0 Å². The Balaban J connectivity index is 1.96. The van der Waals surface area contributed by atoms with Gasteiger partial charge in [0.2, 0.25) is 11.8 Å². The lowest BCUT2D eigenvalue weighted by Gasteiger charge is -2.22. The third kappa shape index (κ3) is 1.99. The minimum absolute atomic E-state index is 0.0486. The molecule has 6 nitrogen and oxygen atoms in total. The van der Waals surface area contributed by atoms with Crippen molar-refractivity contribution in [3.63, 3.8) is 0 Å². The molecule has 3 N–H and O–H groups in total. The maximum absolute atomic E-state index is 9.52. The van der Waals surface area contributed by atoms with Crippen molar-refractivity contribution in [1.82, 2.24) is 10.2 Å². The fourth-order valence-electron chi connectivity index (χ4n) is 2.81. The Bertz CT molecular complexity index is 917. The van der Waals surface area contributed by atoms with Crippen LogP contribution in [-0.4, -0.2) is 10.2 Å². The second kappa shape index (κ2) is 5.07. The van der Waals surface area contributed by atoms with E-state index < -0.39 is 5.92 Å². The average molecular weight is 304 g/mol. The molecule has 0 amide bonds. The second-order valence-corrected chi connectivity index (χ2v) is 5.12. The number of nitriles is 1. The van der Waals surface area contributed by atoms with Crippen LogP contribution in [0.15, 0.2) is 64.6 Å². The first-order chi connectivity index (χ1) is 11.3. The molecule has 4 rings (SSSR count). The largest absolute Gasteiger partial charge is 0.468 e. The van der Waals surface area contributed by atoms with Crippen LogP contribution in [-0.2, 0) is 0 Å². The summed E-state index contributed by atoms with van der Waals surface area (Å²) < 4.78 is 11.0. The number of aromatic nitrogens is 2. The number of allylic oxidation sites excluding steroid dienone is 1. The molecule has 2 aromatic heterocycles. The van der Waals surface area contributed by atoms with Crippen LogP contribution in [0.3, 0.4) is 0 Å². The van der Waals surface area contributed by atoms with Crippen LogP contribution in [0.2, 0.25) is 0 Å². The average Bonchev–Trinajstić information content (AvgIpc) is 3.24. The van der Waals surface area contributed by atoms with Crippen LogP contribution >= 0.6 is 0 Å². The molecule has 23 heavy (non-hydrogen) atoms. The summed E-state index contributed by atoms with van der Waals surface area (Å²) in [5.41, 5.74) is 8.67. The molecular weight excluding hydrogens is 292 g/mol. The summed E-state index contributed by atoms with van der Waals surface area (Å²) in [6.07, 6.45) is 1.57. The summed E-state index contributed by atoms with van der Waals surface area (Å²) in [6, 6.07) is 15.4. The fourth-order valence-corrected chi connectivity index (χ4v) is 2.81. The molecule has 1 atom stereocenters. The van der Waals surface area contributed by atoms with Gasteiger partial charge in [0.05, 0.1) is 23.4 Å². The van der Waals surface area contributed by atoms with Crippen LogP contribution in [0.25, 0.3) is 11.3 Å². The molecule has 6 heteroatoms. The molecule has 1 aliphatic heterocycles. The second-order valence-electron chi connectivity index (χ2n) is 5.12. The number of ether oxygens (including phenoxy) is 1. The van der Waals surface area contributed by atoms with Crippen molar-refractivity contribution in [3.05, 3.63) is 71.5 Å². The summed E-state index contributed by atoms with van der Waals surface area (Å²) >= 11 is 0. The molecule has 0 radical (unpaired) electrons. The fraction of sp³-hybridized carbons (Fsp3) is 0.0588. The monoisotopic (exact) mass is 304 g/mol. The Kier molecular flexibility index (Phi) is 2.91. The van der Waals surface area contributed by atoms with Gasteiger partial charge >= 0.3 is 0 Å². The van der Waals surface area contributed by atoms with Gasteiger partial charge in [-0.1, -0.05) is 30.3 Å². The summed E-state index contributed by atoms with van der Waals surface area (Å²) in [5, 5.41) is 16.7. The topological polar surface area (TPSA) is 101 Å². The van der Waals surface area contributed by atoms with Crippen molar-refractivity contribution >= 4 is 0 Å². The molecule has 1 unspecified atom stereocenters. The number of rotatable bonds is 2. The highest BCUT2D eigenvalue weighted by Gasteiger charge is 2.37. The van der Waals surface area contributed by atoms with Crippen molar-refractivity contribution < 1.29 is 9.15 Å². The molecule has 0 aliphatic carbocycles. The van der Waals surface area contributed by atoms with E-state index in [-0.39, 0.29) is 5.88 Å². The molecule has 0 spiro atoms. The molecule has 0 fully saturated rings. The van der Waals surface area contributed by atoms with Crippen molar-refractivity contribution in [2.45, 2.75) is 5.92 Å². The van der Waals surface area contributed by atoms with Gasteiger partial charge in [0.25, 0.3) is 0 Å². The van der Waals surface area contributed by atoms with E-state index in [1.165, 1.54) is 0 Å². The van der Waals surface area contributed by atoms with Gasteiger partial charge in [-0.25, -0.2) is 0 Å². The summed E-state index contributed by atoms with van der Waals surface area (Å²) in [7, 11) is 0. The van der Waals surface area contributed by atoms with Gasteiger partial charge in [-0.15, -0.1) is 5.10 Å². The normalized spacial score (nSPS) is 16.6. The van der Waals surface area contributed by atoms with Crippen molar-refractivity contribution in [1.29, 1.82) is 5.26 Å². The molecule has 0 bridgehead atoms. The van der Waals surface area contributed by atoms with E-state index in [2.05, 4.69) is 16.3 Å². The predicted octanol–water partition coefficient (Wildman–Crippen LogP) is 2.89. The number of benzene rings is 1. The van der Waals surface area contributed by atoms with E-state index in [4.69, 9.17) is 14.9 Å². The van der Waals surface area contributed by atoms with Gasteiger partial charge in [0.1, 0.15) is 17.4 Å². The number of hydrogen-bond donors (Lipinski definition) is 2. The zero-order valence-corrected chi connectivity index (χ0v) is 12.0. The summed E-state index contributed by atoms with van der Waals surface area (Å²) in [5.74, 6) is 0.578. The number of nitrogens with one attached hydrogen (secondary N) is 1. The number of nitrogens with zero attached hydrogens (tertiary/aromatic N) is 2. The molecule has 112 valence electrons. The van der Waals surface area contributed by atoms with Gasteiger partial charge in [-0.3, -0.25) is 5.10 Å². The third-order valence-corrected chi connectivity index (χ3v) is 3.83. The van der Waals surface area contributed by atoms with E-state index in [1.54, 1.807) is 12.3 Å². The standard InChI is InChI=1S/C17H12N4O2/c18-9-11-13(12-7-4-8-22-12)14-15(10-5-2-1-3-6-10)20-21-17(14)23-16(11)19/h1-8,13H,19H2,(H,20,21). The van der Waals surface area contributed by atoms with Crippen LogP contribution in [0, 0.1) is 11.3 Å². The Morgan fingerprint density at radius 2 is 2.00 bits per heavy atom. The Morgan fingerprint density at radius 3 is 2.70 bits per heavy atom. The molecule has 1 aliphatic rings. The maximum Gasteiger partial charge on any atom is 0.244 e. The quantitative estimate of drug-likeness (QED) is 0.758. The smallest absolute Gasteiger partial charge is 0.244 e. The van der Waals surface area contributed by atoms with Gasteiger partial charge in [-0.05, 0) is 17.7 Å². The SMILES string of the molecule is N#CC1=C(N)Oc2n[nH]c(-c3ccccc3)c2C1c1ccco1. The summed E-state index contributed by atoms with van der Waals surface area (Å²) in [4.78, 5) is 0.